The number of halogens is 2. The van der Waals surface area contributed by atoms with Crippen LogP contribution in [0.1, 0.15) is 38.3 Å². The molecule has 3 rings (SSSR count). The van der Waals surface area contributed by atoms with Crippen molar-refractivity contribution in [3.63, 3.8) is 0 Å². The first-order valence-electron chi connectivity index (χ1n) is 13.1. The van der Waals surface area contributed by atoms with Crippen molar-refractivity contribution in [2.75, 3.05) is 18.0 Å². The van der Waals surface area contributed by atoms with E-state index >= 15 is 0 Å². The van der Waals surface area contributed by atoms with Crippen molar-refractivity contribution in [2.45, 2.75) is 57.6 Å². The van der Waals surface area contributed by atoms with E-state index in [-0.39, 0.29) is 29.1 Å². The quantitative estimate of drug-likeness (QED) is 0.275. The minimum absolute atomic E-state index is 0.0157. The molecule has 2 amide bonds. The third-order valence-electron chi connectivity index (χ3n) is 6.79. The minimum Gasteiger partial charge on any atom is -0.497 e. The molecule has 0 radical (unpaired) electrons. The van der Waals surface area contributed by atoms with Gasteiger partial charge >= 0.3 is 0 Å². The summed E-state index contributed by atoms with van der Waals surface area (Å²) in [6, 6.07) is 16.7. The second kappa shape index (κ2) is 14.1. The SMILES string of the molecule is CC[C@@H](C)NC(=O)[C@H](C)N(Cc1c(Cl)cccc1Cl)C(=O)CN(c1cccc(OC)c1)S(=O)(=O)c1ccc(C)cc1. The zero-order valence-electron chi connectivity index (χ0n) is 23.7. The number of benzene rings is 3. The normalized spacial score (nSPS) is 12.8. The smallest absolute Gasteiger partial charge is 0.264 e. The molecule has 0 unspecified atom stereocenters. The highest BCUT2D eigenvalue weighted by Gasteiger charge is 2.33. The fourth-order valence-electron chi connectivity index (χ4n) is 4.03. The van der Waals surface area contributed by atoms with Crippen molar-refractivity contribution in [1.29, 1.82) is 0 Å². The molecule has 0 saturated carbocycles. The number of sulfonamides is 1. The van der Waals surface area contributed by atoms with Gasteiger partial charge in [0.2, 0.25) is 11.8 Å². The van der Waals surface area contributed by atoms with E-state index in [0.29, 0.717) is 27.8 Å². The first kappa shape index (κ1) is 32.2. The maximum atomic E-state index is 14.1. The van der Waals surface area contributed by atoms with Crippen molar-refractivity contribution < 1.29 is 22.7 Å². The molecule has 3 aromatic rings. The molecule has 11 heteroatoms. The third-order valence-corrected chi connectivity index (χ3v) is 9.28. The van der Waals surface area contributed by atoms with E-state index < -0.39 is 28.5 Å². The zero-order chi connectivity index (χ0) is 30.3. The van der Waals surface area contributed by atoms with E-state index in [1.54, 1.807) is 55.5 Å². The van der Waals surface area contributed by atoms with Crippen LogP contribution in [0.25, 0.3) is 0 Å². The molecule has 0 spiro atoms. The van der Waals surface area contributed by atoms with E-state index in [1.165, 1.54) is 30.2 Å². The fourth-order valence-corrected chi connectivity index (χ4v) is 5.96. The number of methoxy groups -OCH3 is 1. The number of anilines is 1. The van der Waals surface area contributed by atoms with Crippen LogP contribution < -0.4 is 14.4 Å². The first-order valence-corrected chi connectivity index (χ1v) is 15.3. The van der Waals surface area contributed by atoms with Crippen molar-refractivity contribution in [2.24, 2.45) is 0 Å². The maximum absolute atomic E-state index is 14.1. The summed E-state index contributed by atoms with van der Waals surface area (Å²) in [6.07, 6.45) is 0.696. The Labute approximate surface area is 252 Å². The lowest BCUT2D eigenvalue weighted by Gasteiger charge is -2.33. The monoisotopic (exact) mass is 619 g/mol. The Morgan fingerprint density at radius 2 is 1.59 bits per heavy atom. The molecule has 220 valence electrons. The summed E-state index contributed by atoms with van der Waals surface area (Å²) in [4.78, 5) is 28.6. The molecule has 2 atom stereocenters. The van der Waals surface area contributed by atoms with Gasteiger partial charge in [-0.3, -0.25) is 13.9 Å². The van der Waals surface area contributed by atoms with Crippen molar-refractivity contribution >= 4 is 50.7 Å². The van der Waals surface area contributed by atoms with Crippen LogP contribution in [0.3, 0.4) is 0 Å². The topological polar surface area (TPSA) is 96.0 Å². The average molecular weight is 621 g/mol. The lowest BCUT2D eigenvalue weighted by molar-refractivity contribution is -0.139. The van der Waals surface area contributed by atoms with Gasteiger partial charge in [0.15, 0.2) is 0 Å². The van der Waals surface area contributed by atoms with Gasteiger partial charge in [-0.15, -0.1) is 0 Å². The van der Waals surface area contributed by atoms with E-state index in [4.69, 9.17) is 27.9 Å². The van der Waals surface area contributed by atoms with Crippen LogP contribution in [0, 0.1) is 6.92 Å². The van der Waals surface area contributed by atoms with E-state index in [0.717, 1.165) is 9.87 Å². The molecule has 0 heterocycles. The molecule has 41 heavy (non-hydrogen) atoms. The molecule has 1 N–H and O–H groups in total. The number of nitrogens with zero attached hydrogens (tertiary/aromatic N) is 2. The lowest BCUT2D eigenvalue weighted by Crippen LogP contribution is -2.52. The molecule has 0 aliphatic carbocycles. The Hall–Kier alpha value is -3.27. The van der Waals surface area contributed by atoms with Crippen LogP contribution in [0.5, 0.6) is 5.75 Å². The molecular formula is C30H35Cl2N3O5S. The summed E-state index contributed by atoms with van der Waals surface area (Å²) in [5.74, 6) is -0.587. The van der Waals surface area contributed by atoms with Crippen molar-refractivity contribution in [1.82, 2.24) is 10.2 Å². The number of hydrogen-bond donors (Lipinski definition) is 1. The molecule has 0 aliphatic heterocycles. The number of amides is 2. The number of carbonyl (C=O) groups is 2. The molecule has 0 bridgehead atoms. The van der Waals surface area contributed by atoms with Gasteiger partial charge in [-0.25, -0.2) is 8.42 Å². The van der Waals surface area contributed by atoms with Crippen LogP contribution in [0.15, 0.2) is 71.6 Å². The fraction of sp³-hybridized carbons (Fsp3) is 0.333. The Morgan fingerprint density at radius 1 is 0.976 bits per heavy atom. The van der Waals surface area contributed by atoms with Gasteiger partial charge in [0.1, 0.15) is 18.3 Å². The second-order valence-corrected chi connectivity index (χ2v) is 12.4. The Bertz CT molecular complexity index is 1460. The highest BCUT2D eigenvalue weighted by Crippen LogP contribution is 2.29. The van der Waals surface area contributed by atoms with E-state index in [2.05, 4.69) is 5.32 Å². The van der Waals surface area contributed by atoms with Crippen molar-refractivity contribution in [3.8, 4) is 5.75 Å². The number of hydrogen-bond acceptors (Lipinski definition) is 5. The maximum Gasteiger partial charge on any atom is 0.264 e. The molecule has 0 saturated heterocycles. The lowest BCUT2D eigenvalue weighted by atomic mass is 10.1. The van der Waals surface area contributed by atoms with Gasteiger partial charge in [-0.2, -0.15) is 0 Å². The van der Waals surface area contributed by atoms with Gasteiger partial charge in [0, 0.05) is 34.3 Å². The summed E-state index contributed by atoms with van der Waals surface area (Å²) in [6.45, 7) is 6.54. The second-order valence-electron chi connectivity index (χ2n) is 9.74. The first-order chi connectivity index (χ1) is 19.4. The minimum atomic E-state index is -4.20. The third kappa shape index (κ3) is 7.93. The predicted molar refractivity (Wildman–Crippen MR) is 163 cm³/mol. The van der Waals surface area contributed by atoms with Crippen LogP contribution >= 0.6 is 23.2 Å². The summed E-state index contributed by atoms with van der Waals surface area (Å²) in [5, 5.41) is 3.54. The number of ether oxygens (including phenoxy) is 1. The largest absolute Gasteiger partial charge is 0.497 e. The highest BCUT2D eigenvalue weighted by atomic mass is 35.5. The number of carbonyl (C=O) groups excluding carboxylic acids is 2. The van der Waals surface area contributed by atoms with Crippen LogP contribution in [-0.4, -0.2) is 50.9 Å². The average Bonchev–Trinajstić information content (AvgIpc) is 2.95. The molecule has 8 nitrogen and oxygen atoms in total. The van der Waals surface area contributed by atoms with E-state index in [9.17, 15) is 18.0 Å². The van der Waals surface area contributed by atoms with Crippen LogP contribution in [0.4, 0.5) is 5.69 Å². The van der Waals surface area contributed by atoms with Gasteiger partial charge in [-0.05, 0) is 63.6 Å². The highest BCUT2D eigenvalue weighted by molar-refractivity contribution is 7.92. The summed E-state index contributed by atoms with van der Waals surface area (Å²) in [5.41, 5.74) is 1.56. The number of aryl methyl sites for hydroxylation is 1. The van der Waals surface area contributed by atoms with E-state index in [1.807, 2.05) is 20.8 Å². The molecule has 3 aromatic carbocycles. The number of rotatable bonds is 12. The molecular weight excluding hydrogens is 585 g/mol. The molecule has 0 fully saturated rings. The molecule has 0 aromatic heterocycles. The summed E-state index contributed by atoms with van der Waals surface area (Å²) >= 11 is 12.9. The number of nitrogens with one attached hydrogen (secondary N) is 1. The Kier molecular flexibility index (Phi) is 11.1. The van der Waals surface area contributed by atoms with Gasteiger partial charge < -0.3 is 15.0 Å². The van der Waals surface area contributed by atoms with Gasteiger partial charge in [0.25, 0.3) is 10.0 Å². The van der Waals surface area contributed by atoms with Gasteiger partial charge in [0.05, 0.1) is 17.7 Å². The zero-order valence-corrected chi connectivity index (χ0v) is 26.1. The Morgan fingerprint density at radius 3 is 2.17 bits per heavy atom. The van der Waals surface area contributed by atoms with Gasteiger partial charge in [-0.1, -0.05) is 60.0 Å². The van der Waals surface area contributed by atoms with Crippen molar-refractivity contribution in [3.05, 3.63) is 87.9 Å². The predicted octanol–water partition coefficient (Wildman–Crippen LogP) is 5.84. The summed E-state index contributed by atoms with van der Waals surface area (Å²) in [7, 11) is -2.74. The van der Waals surface area contributed by atoms with Crippen LogP contribution in [0.2, 0.25) is 10.0 Å². The standard InChI is InChI=1S/C30H35Cl2N3O5S/c1-6-21(3)33-30(37)22(4)34(18-26-27(31)11-8-12-28(26)32)29(36)19-35(23-9-7-10-24(17-23)40-5)41(38,39)25-15-13-20(2)14-16-25/h7-17,21-22H,6,18-19H2,1-5H3,(H,33,37)/t21-,22+/m1/s1. The Balaban J connectivity index is 2.08. The molecule has 0 aliphatic rings. The van der Waals surface area contributed by atoms with Crippen LogP contribution in [-0.2, 0) is 26.2 Å². The summed E-state index contributed by atoms with van der Waals surface area (Å²) < 4.78 is 34.2.